The number of hydrogen-bond donors (Lipinski definition) is 1. The summed E-state index contributed by atoms with van der Waals surface area (Å²) in [5.74, 6) is 1.03. The molecule has 1 aromatic heterocycles. The van der Waals surface area contributed by atoms with Crippen molar-refractivity contribution in [3.8, 4) is 11.4 Å². The number of ether oxygens (including phenoxy) is 1. The Morgan fingerprint density at radius 3 is 2.56 bits per heavy atom. The molecule has 0 radical (unpaired) electrons. The highest BCUT2D eigenvalue weighted by Crippen LogP contribution is 2.46. The number of imidazole rings is 1. The summed E-state index contributed by atoms with van der Waals surface area (Å²) in [5.41, 5.74) is 9.79. The van der Waals surface area contributed by atoms with Crippen molar-refractivity contribution >= 4 is 34.4 Å². The number of rotatable bonds is 3. The van der Waals surface area contributed by atoms with Crippen LogP contribution in [0.25, 0.3) is 28.5 Å². The molecule has 6 heteroatoms. The summed E-state index contributed by atoms with van der Waals surface area (Å²) in [5, 5.41) is 4.66. The van der Waals surface area contributed by atoms with Gasteiger partial charge >= 0.3 is 0 Å². The quantitative estimate of drug-likeness (QED) is 0.342. The molecule has 5 nitrogen and oxygen atoms in total. The molecular formula is C30H27ClN4O. The highest BCUT2D eigenvalue weighted by atomic mass is 35.5. The second-order valence-corrected chi connectivity index (χ2v) is 10.0. The van der Waals surface area contributed by atoms with Gasteiger partial charge in [-0.15, -0.1) is 0 Å². The average Bonchev–Trinajstić information content (AvgIpc) is 3.52. The Kier molecular flexibility index (Phi) is 5.33. The number of nitrogens with zero attached hydrogens (tertiary/aromatic N) is 3. The first-order valence-electron chi connectivity index (χ1n) is 12.6. The van der Waals surface area contributed by atoms with Gasteiger partial charge in [-0.05, 0) is 72.0 Å². The molecule has 180 valence electrons. The molecule has 7 rings (SSSR count). The van der Waals surface area contributed by atoms with Crippen LogP contribution in [0.5, 0.6) is 0 Å². The second kappa shape index (κ2) is 8.84. The Hall–Kier alpha value is -3.54. The standard InChI is InChI=1S/C30H27ClN4O/c31-22-12-9-20(10-13-22)19-21-11-14-24(28(21)34-15-17-36-18-16-34)30-32-25-6-2-1-5-23(25)29-33-26-7-3-4-8-27(26)35(29)30/h1-10,12-13,19,30,32H,11,14-18H2/b21-19+/t30-/m0/s1. The average molecular weight is 495 g/mol. The van der Waals surface area contributed by atoms with E-state index in [-0.39, 0.29) is 6.17 Å². The number of para-hydroxylation sites is 3. The summed E-state index contributed by atoms with van der Waals surface area (Å²) >= 11 is 6.16. The zero-order valence-electron chi connectivity index (χ0n) is 20.0. The fraction of sp³-hybridized carbons (Fsp3) is 0.233. The third-order valence-electron chi connectivity index (χ3n) is 7.45. The van der Waals surface area contributed by atoms with Crippen LogP contribution in [0.2, 0.25) is 5.02 Å². The van der Waals surface area contributed by atoms with E-state index >= 15 is 0 Å². The number of nitrogens with one attached hydrogen (secondary N) is 1. The largest absolute Gasteiger partial charge is 0.378 e. The van der Waals surface area contributed by atoms with Crippen molar-refractivity contribution in [2.45, 2.75) is 19.0 Å². The van der Waals surface area contributed by atoms with Gasteiger partial charge in [-0.2, -0.15) is 0 Å². The monoisotopic (exact) mass is 494 g/mol. The third kappa shape index (κ3) is 3.62. The van der Waals surface area contributed by atoms with Gasteiger partial charge in [0.25, 0.3) is 0 Å². The number of morpholine rings is 1. The lowest BCUT2D eigenvalue weighted by Gasteiger charge is -2.36. The molecule has 0 amide bonds. The number of anilines is 1. The van der Waals surface area contributed by atoms with Crippen molar-refractivity contribution in [2.75, 3.05) is 31.6 Å². The van der Waals surface area contributed by atoms with Crippen LogP contribution in [0.1, 0.15) is 24.6 Å². The van der Waals surface area contributed by atoms with E-state index in [4.69, 9.17) is 21.3 Å². The molecule has 0 saturated carbocycles. The van der Waals surface area contributed by atoms with Crippen molar-refractivity contribution in [2.24, 2.45) is 0 Å². The van der Waals surface area contributed by atoms with Gasteiger partial charge in [-0.1, -0.05) is 48.0 Å². The van der Waals surface area contributed by atoms with Crippen LogP contribution in [-0.4, -0.2) is 40.8 Å². The zero-order valence-corrected chi connectivity index (χ0v) is 20.7. The van der Waals surface area contributed by atoms with Crippen LogP contribution in [0.4, 0.5) is 5.69 Å². The normalized spacial score (nSPS) is 20.5. The molecule has 3 heterocycles. The molecule has 1 N–H and O–H groups in total. The van der Waals surface area contributed by atoms with Crippen molar-refractivity contribution < 1.29 is 4.74 Å². The molecular weight excluding hydrogens is 468 g/mol. The Morgan fingerprint density at radius 1 is 0.917 bits per heavy atom. The van der Waals surface area contributed by atoms with Gasteiger partial charge in [0.1, 0.15) is 12.0 Å². The minimum absolute atomic E-state index is 0.00346. The maximum atomic E-state index is 6.16. The van der Waals surface area contributed by atoms with Crippen molar-refractivity contribution in [1.82, 2.24) is 14.5 Å². The lowest BCUT2D eigenvalue weighted by Crippen LogP contribution is -2.37. The van der Waals surface area contributed by atoms with E-state index in [0.29, 0.717) is 0 Å². The Morgan fingerprint density at radius 2 is 1.69 bits per heavy atom. The predicted octanol–water partition coefficient (Wildman–Crippen LogP) is 6.74. The minimum atomic E-state index is -0.00346. The van der Waals surface area contributed by atoms with Crippen LogP contribution >= 0.6 is 11.6 Å². The SMILES string of the molecule is Clc1ccc(/C=C2\CCC([C@H]3Nc4ccccc4-c4nc5ccccc5n43)=C2N2CCOCC2)cc1. The maximum absolute atomic E-state index is 6.16. The van der Waals surface area contributed by atoms with E-state index in [1.807, 2.05) is 12.1 Å². The fourth-order valence-corrected chi connectivity index (χ4v) is 5.95. The molecule has 4 aromatic rings. The number of fused-ring (bicyclic) bond motifs is 5. The summed E-state index contributed by atoms with van der Waals surface area (Å²) in [6, 6.07) is 25.1. The lowest BCUT2D eigenvalue weighted by atomic mass is 10.0. The molecule has 0 bridgehead atoms. The van der Waals surface area contributed by atoms with Gasteiger partial charge in [-0.3, -0.25) is 4.57 Å². The smallest absolute Gasteiger partial charge is 0.145 e. The van der Waals surface area contributed by atoms with Gasteiger partial charge in [0.15, 0.2) is 0 Å². The maximum Gasteiger partial charge on any atom is 0.145 e. The van der Waals surface area contributed by atoms with Gasteiger partial charge in [-0.25, -0.2) is 4.98 Å². The second-order valence-electron chi connectivity index (χ2n) is 9.58. The number of aromatic nitrogens is 2. The summed E-state index contributed by atoms with van der Waals surface area (Å²) in [6.45, 7) is 3.31. The van der Waals surface area contributed by atoms with Gasteiger partial charge in [0.05, 0.1) is 24.2 Å². The first kappa shape index (κ1) is 21.7. The van der Waals surface area contributed by atoms with Gasteiger partial charge in [0.2, 0.25) is 0 Å². The zero-order chi connectivity index (χ0) is 24.1. The molecule has 1 saturated heterocycles. The molecule has 1 fully saturated rings. The first-order chi connectivity index (χ1) is 17.8. The fourth-order valence-electron chi connectivity index (χ4n) is 5.83. The number of allylic oxidation sites excluding steroid dienone is 1. The van der Waals surface area contributed by atoms with Crippen molar-refractivity contribution in [1.29, 1.82) is 0 Å². The number of benzene rings is 3. The predicted molar refractivity (Wildman–Crippen MR) is 146 cm³/mol. The van der Waals surface area contributed by atoms with E-state index < -0.39 is 0 Å². The molecule has 3 aromatic carbocycles. The summed E-state index contributed by atoms with van der Waals surface area (Å²) in [7, 11) is 0. The first-order valence-corrected chi connectivity index (χ1v) is 13.0. The van der Waals surface area contributed by atoms with Crippen molar-refractivity contribution in [3.05, 3.63) is 100 Å². The Balaban J connectivity index is 1.42. The molecule has 1 aliphatic carbocycles. The van der Waals surface area contributed by atoms with E-state index in [9.17, 15) is 0 Å². The van der Waals surface area contributed by atoms with Crippen molar-refractivity contribution in [3.63, 3.8) is 0 Å². The van der Waals surface area contributed by atoms with Crippen LogP contribution < -0.4 is 5.32 Å². The van der Waals surface area contributed by atoms with Gasteiger partial charge < -0.3 is 15.0 Å². The van der Waals surface area contributed by atoms with Gasteiger partial charge in [0, 0.05) is 35.1 Å². The highest BCUT2D eigenvalue weighted by molar-refractivity contribution is 6.30. The third-order valence-corrected chi connectivity index (χ3v) is 7.71. The molecule has 2 aliphatic heterocycles. The van der Waals surface area contributed by atoms with E-state index in [0.717, 1.165) is 72.3 Å². The lowest BCUT2D eigenvalue weighted by molar-refractivity contribution is 0.0544. The molecule has 36 heavy (non-hydrogen) atoms. The van der Waals surface area contributed by atoms with E-state index in [2.05, 4.69) is 81.5 Å². The number of halogens is 1. The number of hydrogen-bond acceptors (Lipinski definition) is 4. The molecule has 1 atom stereocenters. The Bertz CT molecular complexity index is 1510. The van der Waals surface area contributed by atoms with E-state index in [1.54, 1.807) is 0 Å². The molecule has 0 unspecified atom stereocenters. The van der Waals surface area contributed by atoms with E-state index in [1.165, 1.54) is 22.4 Å². The van der Waals surface area contributed by atoms with Crippen LogP contribution in [0.3, 0.4) is 0 Å². The summed E-state index contributed by atoms with van der Waals surface area (Å²) in [4.78, 5) is 7.61. The van der Waals surface area contributed by atoms with Crippen LogP contribution in [0.15, 0.2) is 89.6 Å². The minimum Gasteiger partial charge on any atom is -0.378 e. The Labute approximate surface area is 215 Å². The topological polar surface area (TPSA) is 42.3 Å². The highest BCUT2D eigenvalue weighted by Gasteiger charge is 2.35. The summed E-state index contributed by atoms with van der Waals surface area (Å²) < 4.78 is 8.13. The summed E-state index contributed by atoms with van der Waals surface area (Å²) in [6.07, 6.45) is 4.33. The van der Waals surface area contributed by atoms with Crippen LogP contribution in [0, 0.1) is 0 Å². The molecule has 3 aliphatic rings. The molecule has 0 spiro atoms. The van der Waals surface area contributed by atoms with Crippen LogP contribution in [-0.2, 0) is 4.74 Å².